The predicted molar refractivity (Wildman–Crippen MR) is 86.9 cm³/mol. The Morgan fingerprint density at radius 3 is 2.67 bits per heavy atom. The fourth-order valence-electron chi connectivity index (χ4n) is 3.13. The van der Waals surface area contributed by atoms with Crippen molar-refractivity contribution in [2.75, 3.05) is 6.54 Å². The summed E-state index contributed by atoms with van der Waals surface area (Å²) in [5, 5.41) is 0.797. The van der Waals surface area contributed by atoms with Crippen molar-refractivity contribution < 1.29 is 8.42 Å². The number of fused-ring (bicyclic) bond motifs is 1. The second kappa shape index (κ2) is 5.05. The van der Waals surface area contributed by atoms with Crippen LogP contribution in [0.15, 0.2) is 29.2 Å². The Hall–Kier alpha value is -0.950. The number of sulfonamides is 1. The maximum absolute atomic E-state index is 13.2. The molecule has 21 heavy (non-hydrogen) atoms. The van der Waals surface area contributed by atoms with Crippen LogP contribution in [0.3, 0.4) is 0 Å². The Labute approximate surface area is 129 Å². The highest BCUT2D eigenvalue weighted by molar-refractivity contribution is 7.89. The first-order chi connectivity index (χ1) is 9.88. The van der Waals surface area contributed by atoms with Gasteiger partial charge < -0.3 is 5.73 Å². The average molecular weight is 324 g/mol. The molecule has 0 saturated carbocycles. The minimum atomic E-state index is -3.51. The summed E-state index contributed by atoms with van der Waals surface area (Å²) >= 11 is 1.48. The molecule has 0 bridgehead atoms. The maximum atomic E-state index is 13.2. The van der Waals surface area contributed by atoms with Gasteiger partial charge in [0.15, 0.2) is 0 Å². The van der Waals surface area contributed by atoms with Crippen LogP contribution in [0.5, 0.6) is 0 Å². The monoisotopic (exact) mass is 324 g/mol. The van der Waals surface area contributed by atoms with Gasteiger partial charge in [0.1, 0.15) is 4.90 Å². The standard InChI is InChI=1S/C15H20N2O2S2/c1-15(2)8-5-9-17(15)21(18,19)14-11-6-3-4-7-12(11)20-13(14)10-16/h3-4,6-7H,5,8-10,16H2,1-2H3. The smallest absolute Gasteiger partial charge is 0.245 e. The summed E-state index contributed by atoms with van der Waals surface area (Å²) in [6.07, 6.45) is 1.80. The van der Waals surface area contributed by atoms with Gasteiger partial charge >= 0.3 is 0 Å². The molecule has 1 aliphatic rings. The van der Waals surface area contributed by atoms with E-state index in [0.29, 0.717) is 11.4 Å². The van der Waals surface area contributed by atoms with E-state index in [-0.39, 0.29) is 12.1 Å². The zero-order chi connectivity index (χ0) is 15.3. The average Bonchev–Trinajstić information content (AvgIpc) is 2.98. The molecule has 6 heteroatoms. The molecule has 1 fully saturated rings. The van der Waals surface area contributed by atoms with Gasteiger partial charge in [-0.2, -0.15) is 4.31 Å². The Morgan fingerprint density at radius 2 is 2.05 bits per heavy atom. The van der Waals surface area contributed by atoms with Crippen LogP contribution in [0.1, 0.15) is 31.6 Å². The van der Waals surface area contributed by atoms with E-state index in [0.717, 1.165) is 27.8 Å². The van der Waals surface area contributed by atoms with E-state index >= 15 is 0 Å². The van der Waals surface area contributed by atoms with Crippen molar-refractivity contribution in [3.63, 3.8) is 0 Å². The molecule has 0 atom stereocenters. The summed E-state index contributed by atoms with van der Waals surface area (Å²) in [5.41, 5.74) is 5.48. The van der Waals surface area contributed by atoms with E-state index in [1.807, 2.05) is 38.1 Å². The third-order valence-electron chi connectivity index (χ3n) is 4.18. The Morgan fingerprint density at radius 1 is 1.33 bits per heavy atom. The summed E-state index contributed by atoms with van der Waals surface area (Å²) in [5.74, 6) is 0. The minimum Gasteiger partial charge on any atom is -0.326 e. The zero-order valence-electron chi connectivity index (χ0n) is 12.3. The molecule has 0 radical (unpaired) electrons. The van der Waals surface area contributed by atoms with Gasteiger partial charge in [-0.1, -0.05) is 18.2 Å². The number of hydrogen-bond donors (Lipinski definition) is 1. The Kier molecular flexibility index (Phi) is 3.60. The van der Waals surface area contributed by atoms with Crippen molar-refractivity contribution in [2.45, 2.75) is 43.7 Å². The Bertz CT molecular complexity index is 778. The van der Waals surface area contributed by atoms with Crippen LogP contribution in [0.4, 0.5) is 0 Å². The molecule has 2 heterocycles. The third-order valence-corrected chi connectivity index (χ3v) is 7.74. The Balaban J connectivity index is 2.24. The fourth-order valence-corrected chi connectivity index (χ4v) is 6.77. The minimum absolute atomic E-state index is 0.252. The summed E-state index contributed by atoms with van der Waals surface area (Å²) in [6.45, 7) is 4.83. The van der Waals surface area contributed by atoms with Crippen LogP contribution in [-0.2, 0) is 16.6 Å². The molecule has 0 aliphatic carbocycles. The van der Waals surface area contributed by atoms with Crippen molar-refractivity contribution >= 4 is 31.4 Å². The summed E-state index contributed by atoms with van der Waals surface area (Å²) in [4.78, 5) is 1.17. The first-order valence-electron chi connectivity index (χ1n) is 7.11. The van der Waals surface area contributed by atoms with Crippen LogP contribution in [0.25, 0.3) is 10.1 Å². The van der Waals surface area contributed by atoms with Crippen LogP contribution in [0.2, 0.25) is 0 Å². The number of rotatable bonds is 3. The topological polar surface area (TPSA) is 63.4 Å². The van der Waals surface area contributed by atoms with Crippen molar-refractivity contribution in [2.24, 2.45) is 5.73 Å². The molecule has 2 aromatic rings. The molecule has 0 spiro atoms. The number of nitrogens with zero attached hydrogens (tertiary/aromatic N) is 1. The second-order valence-corrected chi connectivity index (χ2v) is 8.98. The van der Waals surface area contributed by atoms with E-state index in [1.54, 1.807) is 4.31 Å². The second-order valence-electron chi connectivity index (χ2n) is 6.05. The van der Waals surface area contributed by atoms with Crippen molar-refractivity contribution in [1.82, 2.24) is 4.31 Å². The SMILES string of the molecule is CC1(C)CCCN1S(=O)(=O)c1c(CN)sc2ccccc12. The highest BCUT2D eigenvalue weighted by Crippen LogP contribution is 2.40. The lowest BCUT2D eigenvalue weighted by molar-refractivity contribution is 0.292. The van der Waals surface area contributed by atoms with Gasteiger partial charge in [-0.15, -0.1) is 11.3 Å². The lowest BCUT2D eigenvalue weighted by atomic mass is 10.0. The molecule has 0 amide bonds. The van der Waals surface area contributed by atoms with Crippen LogP contribution >= 0.6 is 11.3 Å². The van der Waals surface area contributed by atoms with E-state index in [1.165, 1.54) is 11.3 Å². The largest absolute Gasteiger partial charge is 0.326 e. The van der Waals surface area contributed by atoms with Gasteiger partial charge in [-0.05, 0) is 32.8 Å². The normalized spacial score (nSPS) is 19.4. The van der Waals surface area contributed by atoms with Gasteiger partial charge in [0.2, 0.25) is 10.0 Å². The quantitative estimate of drug-likeness (QED) is 0.944. The highest BCUT2D eigenvalue weighted by atomic mass is 32.2. The first kappa shape index (κ1) is 15.0. The number of thiophene rings is 1. The summed E-state index contributed by atoms with van der Waals surface area (Å²) in [7, 11) is -3.51. The lowest BCUT2D eigenvalue weighted by Crippen LogP contribution is -2.42. The molecule has 0 unspecified atom stereocenters. The van der Waals surface area contributed by atoms with Gasteiger partial charge in [-0.25, -0.2) is 8.42 Å². The van der Waals surface area contributed by atoms with Gasteiger partial charge in [0.25, 0.3) is 0 Å². The molecular weight excluding hydrogens is 304 g/mol. The van der Waals surface area contributed by atoms with E-state index in [9.17, 15) is 8.42 Å². The van der Waals surface area contributed by atoms with Crippen molar-refractivity contribution in [3.8, 4) is 0 Å². The molecule has 2 N–H and O–H groups in total. The van der Waals surface area contributed by atoms with Crippen LogP contribution in [-0.4, -0.2) is 24.8 Å². The number of benzene rings is 1. The molecule has 3 rings (SSSR count). The van der Waals surface area contributed by atoms with Crippen LogP contribution in [0, 0.1) is 0 Å². The zero-order valence-corrected chi connectivity index (χ0v) is 13.9. The lowest BCUT2D eigenvalue weighted by Gasteiger charge is -2.30. The molecule has 1 aromatic carbocycles. The third kappa shape index (κ3) is 2.30. The van der Waals surface area contributed by atoms with E-state index in [4.69, 9.17) is 5.73 Å². The molecular formula is C15H20N2O2S2. The van der Waals surface area contributed by atoms with E-state index < -0.39 is 10.0 Å². The van der Waals surface area contributed by atoms with E-state index in [2.05, 4.69) is 0 Å². The van der Waals surface area contributed by atoms with Crippen molar-refractivity contribution in [3.05, 3.63) is 29.1 Å². The van der Waals surface area contributed by atoms with Crippen molar-refractivity contribution in [1.29, 1.82) is 0 Å². The summed E-state index contributed by atoms with van der Waals surface area (Å²) in [6, 6.07) is 7.63. The first-order valence-corrected chi connectivity index (χ1v) is 9.37. The molecule has 1 saturated heterocycles. The van der Waals surface area contributed by atoms with Gasteiger partial charge in [0, 0.05) is 33.6 Å². The number of nitrogens with two attached hydrogens (primary N) is 1. The maximum Gasteiger partial charge on any atom is 0.245 e. The fraction of sp³-hybridized carbons (Fsp3) is 0.467. The number of hydrogen-bond acceptors (Lipinski definition) is 4. The van der Waals surface area contributed by atoms with Gasteiger partial charge in [0.05, 0.1) is 0 Å². The van der Waals surface area contributed by atoms with Crippen LogP contribution < -0.4 is 5.73 Å². The molecule has 4 nitrogen and oxygen atoms in total. The molecule has 1 aromatic heterocycles. The molecule has 114 valence electrons. The summed E-state index contributed by atoms with van der Waals surface area (Å²) < 4.78 is 29.0. The molecule has 1 aliphatic heterocycles. The highest BCUT2D eigenvalue weighted by Gasteiger charge is 2.42. The predicted octanol–water partition coefficient (Wildman–Crippen LogP) is 2.92. The van der Waals surface area contributed by atoms with Gasteiger partial charge in [-0.3, -0.25) is 0 Å².